The molecular weight excluding hydrogens is 274 g/mol. The lowest BCUT2D eigenvalue weighted by molar-refractivity contribution is -0.384. The van der Waals surface area contributed by atoms with E-state index in [0.717, 1.165) is 11.3 Å². The van der Waals surface area contributed by atoms with E-state index in [9.17, 15) is 10.1 Å². The zero-order valence-corrected chi connectivity index (χ0v) is 10.9. The molecule has 0 saturated heterocycles. The number of nitriles is 1. The van der Waals surface area contributed by atoms with Crippen LogP contribution in [0.15, 0.2) is 18.2 Å². The second-order valence-electron chi connectivity index (χ2n) is 4.60. The lowest BCUT2D eigenvalue weighted by Crippen LogP contribution is -2.14. The number of benzene rings is 1. The smallest absolute Gasteiger partial charge is 0.296 e. The molecule has 2 aromatic rings. The fourth-order valence-corrected chi connectivity index (χ4v) is 2.38. The van der Waals surface area contributed by atoms with E-state index >= 15 is 0 Å². The first-order chi connectivity index (χ1) is 10.1. The van der Waals surface area contributed by atoms with Crippen molar-refractivity contribution in [2.45, 2.75) is 13.0 Å². The molecule has 1 aromatic carbocycles. The average molecular weight is 285 g/mol. The van der Waals surface area contributed by atoms with Gasteiger partial charge in [0, 0.05) is 18.1 Å². The van der Waals surface area contributed by atoms with Crippen LogP contribution in [0.3, 0.4) is 0 Å². The fraction of sp³-hybridized carbons (Fsp3) is 0.231. The number of nitrogens with zero attached hydrogens (tertiary/aromatic N) is 4. The van der Waals surface area contributed by atoms with Gasteiger partial charge in [0.1, 0.15) is 5.69 Å². The number of nitro groups is 1. The number of nitrogens with two attached hydrogens (primary N) is 1. The van der Waals surface area contributed by atoms with Crippen LogP contribution in [0.5, 0.6) is 0 Å². The summed E-state index contributed by atoms with van der Waals surface area (Å²) in [7, 11) is 0. The van der Waals surface area contributed by atoms with E-state index in [1.165, 1.54) is 22.9 Å². The van der Waals surface area contributed by atoms with Gasteiger partial charge in [-0.25, -0.2) is 4.68 Å². The van der Waals surface area contributed by atoms with Crippen molar-refractivity contribution in [2.75, 3.05) is 12.3 Å². The first kappa shape index (κ1) is 13.1. The molecule has 1 aliphatic heterocycles. The molecule has 8 nitrogen and oxygen atoms in total. The molecule has 0 amide bonds. The Labute approximate surface area is 119 Å². The van der Waals surface area contributed by atoms with E-state index in [1.807, 2.05) is 6.07 Å². The molecule has 2 heterocycles. The van der Waals surface area contributed by atoms with E-state index in [0.29, 0.717) is 31.1 Å². The quantitative estimate of drug-likeness (QED) is 0.656. The lowest BCUT2D eigenvalue weighted by atomic mass is 10.1. The van der Waals surface area contributed by atoms with Crippen LogP contribution in [0.1, 0.15) is 16.8 Å². The van der Waals surface area contributed by atoms with Crippen LogP contribution < -0.4 is 5.73 Å². The number of nitro benzene ring substituents is 1. The molecular formula is C13H11N5O3. The Balaban J connectivity index is 2.22. The van der Waals surface area contributed by atoms with E-state index in [-0.39, 0.29) is 11.3 Å². The standard InChI is InChI=1S/C13H11N5O3/c14-6-8-1-2-11(12(5-8)18(19)20)17-10-3-4-21-7-9(10)13(15)16-17/h1-2,5H,3-4,7H2,(H2,15,16). The van der Waals surface area contributed by atoms with Gasteiger partial charge < -0.3 is 10.5 Å². The van der Waals surface area contributed by atoms with Gasteiger partial charge in [-0.3, -0.25) is 10.1 Å². The van der Waals surface area contributed by atoms with Gasteiger partial charge in [0.05, 0.1) is 35.5 Å². The van der Waals surface area contributed by atoms with Crippen molar-refractivity contribution in [3.8, 4) is 11.8 Å². The Morgan fingerprint density at radius 1 is 1.52 bits per heavy atom. The second kappa shape index (κ2) is 4.88. The molecule has 0 fully saturated rings. The highest BCUT2D eigenvalue weighted by Gasteiger charge is 2.25. The van der Waals surface area contributed by atoms with E-state index in [4.69, 9.17) is 15.7 Å². The monoisotopic (exact) mass is 285 g/mol. The molecule has 0 spiro atoms. The summed E-state index contributed by atoms with van der Waals surface area (Å²) in [5.74, 6) is 0.309. The van der Waals surface area contributed by atoms with Gasteiger partial charge in [-0.2, -0.15) is 5.26 Å². The first-order valence-corrected chi connectivity index (χ1v) is 6.24. The summed E-state index contributed by atoms with van der Waals surface area (Å²) in [5, 5.41) is 24.3. The Morgan fingerprint density at radius 2 is 2.33 bits per heavy atom. The Bertz CT molecular complexity index is 775. The number of ether oxygens (including phenoxy) is 1. The zero-order chi connectivity index (χ0) is 15.0. The summed E-state index contributed by atoms with van der Waals surface area (Å²) in [6.07, 6.45) is 0.580. The van der Waals surface area contributed by atoms with Crippen molar-refractivity contribution >= 4 is 11.5 Å². The van der Waals surface area contributed by atoms with Crippen LogP contribution in [0, 0.1) is 21.4 Å². The van der Waals surface area contributed by atoms with Crippen molar-refractivity contribution in [2.24, 2.45) is 0 Å². The van der Waals surface area contributed by atoms with Gasteiger partial charge in [-0.1, -0.05) is 0 Å². The molecule has 3 rings (SSSR count). The van der Waals surface area contributed by atoms with Crippen LogP contribution in [0.4, 0.5) is 11.5 Å². The lowest BCUT2D eigenvalue weighted by Gasteiger charge is -2.14. The van der Waals surface area contributed by atoms with E-state index in [2.05, 4.69) is 5.10 Å². The minimum atomic E-state index is -0.528. The maximum absolute atomic E-state index is 11.2. The second-order valence-corrected chi connectivity index (χ2v) is 4.60. The predicted octanol–water partition coefficient (Wildman–Crippen LogP) is 1.31. The highest BCUT2D eigenvalue weighted by molar-refractivity contribution is 5.58. The highest BCUT2D eigenvalue weighted by atomic mass is 16.6. The highest BCUT2D eigenvalue weighted by Crippen LogP contribution is 2.30. The van der Waals surface area contributed by atoms with Gasteiger partial charge in [0.2, 0.25) is 0 Å². The average Bonchev–Trinajstić information content (AvgIpc) is 2.84. The third-order valence-corrected chi connectivity index (χ3v) is 3.38. The molecule has 106 valence electrons. The van der Waals surface area contributed by atoms with Crippen molar-refractivity contribution in [3.63, 3.8) is 0 Å². The number of hydrogen-bond donors (Lipinski definition) is 1. The van der Waals surface area contributed by atoms with Crippen LogP contribution >= 0.6 is 0 Å². The summed E-state index contributed by atoms with van der Waals surface area (Å²) in [4.78, 5) is 10.7. The molecule has 2 N–H and O–H groups in total. The number of fused-ring (bicyclic) bond motifs is 1. The number of nitrogen functional groups attached to an aromatic ring is 1. The summed E-state index contributed by atoms with van der Waals surface area (Å²) in [6, 6.07) is 6.16. The van der Waals surface area contributed by atoms with Crippen molar-refractivity contribution in [1.29, 1.82) is 5.26 Å². The Hall–Kier alpha value is -2.92. The van der Waals surface area contributed by atoms with Crippen molar-refractivity contribution in [3.05, 3.63) is 45.1 Å². The van der Waals surface area contributed by atoms with Gasteiger partial charge in [-0.05, 0) is 12.1 Å². The third-order valence-electron chi connectivity index (χ3n) is 3.38. The molecule has 1 aliphatic rings. The van der Waals surface area contributed by atoms with Crippen LogP contribution in [0.25, 0.3) is 5.69 Å². The molecule has 0 aliphatic carbocycles. The maximum Gasteiger partial charge on any atom is 0.296 e. The summed E-state index contributed by atoms with van der Waals surface area (Å²) in [5.41, 5.74) is 7.77. The number of rotatable bonds is 2. The molecule has 0 saturated carbocycles. The van der Waals surface area contributed by atoms with Crippen LogP contribution in [0.2, 0.25) is 0 Å². The minimum absolute atomic E-state index is 0.175. The topological polar surface area (TPSA) is 120 Å². The number of hydrogen-bond acceptors (Lipinski definition) is 6. The normalized spacial score (nSPS) is 13.5. The van der Waals surface area contributed by atoms with E-state index in [1.54, 1.807) is 0 Å². The van der Waals surface area contributed by atoms with Gasteiger partial charge >= 0.3 is 0 Å². The Morgan fingerprint density at radius 3 is 3.05 bits per heavy atom. The Kier molecular flexibility index (Phi) is 3.04. The summed E-state index contributed by atoms with van der Waals surface area (Å²) < 4.78 is 6.81. The van der Waals surface area contributed by atoms with Gasteiger partial charge in [0.25, 0.3) is 5.69 Å². The summed E-state index contributed by atoms with van der Waals surface area (Å²) >= 11 is 0. The molecule has 21 heavy (non-hydrogen) atoms. The summed E-state index contributed by atoms with van der Waals surface area (Å²) in [6.45, 7) is 0.869. The van der Waals surface area contributed by atoms with Gasteiger partial charge in [0.15, 0.2) is 5.82 Å². The molecule has 1 aromatic heterocycles. The molecule has 0 atom stereocenters. The van der Waals surface area contributed by atoms with Crippen molar-refractivity contribution in [1.82, 2.24) is 9.78 Å². The fourth-order valence-electron chi connectivity index (χ4n) is 2.38. The SMILES string of the molecule is N#Cc1ccc(-n2nc(N)c3c2CCOC3)c([N+](=O)[O-])c1. The molecule has 0 unspecified atom stereocenters. The van der Waals surface area contributed by atoms with Crippen LogP contribution in [-0.4, -0.2) is 21.3 Å². The molecule has 8 heteroatoms. The first-order valence-electron chi connectivity index (χ1n) is 6.24. The van der Waals surface area contributed by atoms with E-state index < -0.39 is 4.92 Å². The molecule has 0 radical (unpaired) electrons. The van der Waals surface area contributed by atoms with Gasteiger partial charge in [-0.15, -0.1) is 5.10 Å². The van der Waals surface area contributed by atoms with Crippen LogP contribution in [-0.2, 0) is 17.8 Å². The largest absolute Gasteiger partial charge is 0.382 e. The predicted molar refractivity (Wildman–Crippen MR) is 72.7 cm³/mol. The zero-order valence-electron chi connectivity index (χ0n) is 10.9. The van der Waals surface area contributed by atoms with Crippen molar-refractivity contribution < 1.29 is 9.66 Å². The third kappa shape index (κ3) is 2.09. The molecule has 0 bridgehead atoms. The maximum atomic E-state index is 11.2. The minimum Gasteiger partial charge on any atom is -0.382 e. The number of aromatic nitrogens is 2. The number of anilines is 1.